The Morgan fingerprint density at radius 2 is 2.25 bits per heavy atom. The van der Waals surface area contributed by atoms with E-state index in [-0.39, 0.29) is 13.0 Å². The molecule has 1 atom stereocenters. The SMILES string of the molecule is CCOC(=O)CC(O)c1cc(F)ccc1C. The van der Waals surface area contributed by atoms with E-state index in [1.165, 1.54) is 12.1 Å². The van der Waals surface area contributed by atoms with Crippen molar-refractivity contribution in [2.45, 2.75) is 26.4 Å². The van der Waals surface area contributed by atoms with E-state index in [4.69, 9.17) is 4.74 Å². The molecular formula is C12H15FO3. The van der Waals surface area contributed by atoms with Gasteiger partial charge in [0.05, 0.1) is 19.1 Å². The predicted octanol–water partition coefficient (Wildman–Crippen LogP) is 2.12. The highest BCUT2D eigenvalue weighted by Gasteiger charge is 2.16. The van der Waals surface area contributed by atoms with Gasteiger partial charge in [0.25, 0.3) is 0 Å². The second kappa shape index (κ2) is 5.61. The summed E-state index contributed by atoms with van der Waals surface area (Å²) < 4.78 is 17.7. The highest BCUT2D eigenvalue weighted by atomic mass is 19.1. The van der Waals surface area contributed by atoms with Gasteiger partial charge in [0, 0.05) is 0 Å². The van der Waals surface area contributed by atoms with E-state index in [0.29, 0.717) is 5.56 Å². The van der Waals surface area contributed by atoms with E-state index < -0.39 is 17.9 Å². The standard InChI is InChI=1S/C12H15FO3/c1-3-16-12(15)7-11(14)10-6-9(13)5-4-8(10)2/h4-6,11,14H,3,7H2,1-2H3. The summed E-state index contributed by atoms with van der Waals surface area (Å²) >= 11 is 0. The Morgan fingerprint density at radius 1 is 1.56 bits per heavy atom. The number of rotatable bonds is 4. The van der Waals surface area contributed by atoms with Crippen molar-refractivity contribution < 1.29 is 19.0 Å². The minimum Gasteiger partial charge on any atom is -0.466 e. The molecule has 1 N–H and O–H groups in total. The number of benzene rings is 1. The Hall–Kier alpha value is -1.42. The number of aryl methyl sites for hydroxylation is 1. The Morgan fingerprint density at radius 3 is 2.88 bits per heavy atom. The summed E-state index contributed by atoms with van der Waals surface area (Å²) in [5.74, 6) is -0.915. The lowest BCUT2D eigenvalue weighted by Gasteiger charge is -2.12. The third kappa shape index (κ3) is 3.31. The molecule has 0 saturated carbocycles. The van der Waals surface area contributed by atoms with Gasteiger partial charge in [-0.3, -0.25) is 4.79 Å². The van der Waals surface area contributed by atoms with Crippen molar-refractivity contribution in [1.82, 2.24) is 0 Å². The maximum atomic E-state index is 13.0. The summed E-state index contributed by atoms with van der Waals surface area (Å²) in [5.41, 5.74) is 1.17. The Bertz CT molecular complexity index is 377. The van der Waals surface area contributed by atoms with Gasteiger partial charge in [-0.2, -0.15) is 0 Å². The number of aliphatic hydroxyl groups excluding tert-OH is 1. The van der Waals surface area contributed by atoms with Gasteiger partial charge in [-0.05, 0) is 37.1 Å². The number of carbonyl (C=O) groups excluding carboxylic acids is 1. The van der Waals surface area contributed by atoms with E-state index >= 15 is 0 Å². The van der Waals surface area contributed by atoms with Gasteiger partial charge in [0.1, 0.15) is 5.82 Å². The number of carbonyl (C=O) groups is 1. The van der Waals surface area contributed by atoms with Crippen LogP contribution in [0.4, 0.5) is 4.39 Å². The molecule has 0 aliphatic heterocycles. The summed E-state index contributed by atoms with van der Waals surface area (Å²) in [6.07, 6.45) is -1.17. The van der Waals surface area contributed by atoms with Gasteiger partial charge in [0.15, 0.2) is 0 Å². The van der Waals surface area contributed by atoms with Crippen molar-refractivity contribution in [1.29, 1.82) is 0 Å². The van der Waals surface area contributed by atoms with Crippen LogP contribution in [0.15, 0.2) is 18.2 Å². The molecular weight excluding hydrogens is 211 g/mol. The molecule has 0 saturated heterocycles. The lowest BCUT2D eigenvalue weighted by atomic mass is 10.0. The highest BCUT2D eigenvalue weighted by molar-refractivity contribution is 5.70. The van der Waals surface area contributed by atoms with Gasteiger partial charge < -0.3 is 9.84 Å². The number of hydrogen-bond acceptors (Lipinski definition) is 3. The van der Waals surface area contributed by atoms with Crippen LogP contribution in [-0.4, -0.2) is 17.7 Å². The van der Waals surface area contributed by atoms with E-state index in [1.54, 1.807) is 19.9 Å². The molecule has 1 aromatic rings. The van der Waals surface area contributed by atoms with Gasteiger partial charge in [0.2, 0.25) is 0 Å². The van der Waals surface area contributed by atoms with Crippen LogP contribution in [0.25, 0.3) is 0 Å². The van der Waals surface area contributed by atoms with Gasteiger partial charge >= 0.3 is 5.97 Å². The molecule has 0 spiro atoms. The number of halogens is 1. The molecule has 0 amide bonds. The molecule has 0 aliphatic carbocycles. The largest absolute Gasteiger partial charge is 0.466 e. The molecule has 0 aromatic heterocycles. The number of hydrogen-bond donors (Lipinski definition) is 1. The maximum absolute atomic E-state index is 13.0. The van der Waals surface area contributed by atoms with Crippen LogP contribution in [0.1, 0.15) is 30.6 Å². The zero-order valence-corrected chi connectivity index (χ0v) is 9.37. The fourth-order valence-corrected chi connectivity index (χ4v) is 1.46. The molecule has 1 unspecified atom stereocenters. The van der Waals surface area contributed by atoms with Crippen molar-refractivity contribution in [3.63, 3.8) is 0 Å². The predicted molar refractivity (Wildman–Crippen MR) is 57.3 cm³/mol. The average molecular weight is 226 g/mol. The van der Waals surface area contributed by atoms with Crippen LogP contribution < -0.4 is 0 Å². The zero-order valence-electron chi connectivity index (χ0n) is 9.37. The molecule has 0 radical (unpaired) electrons. The van der Waals surface area contributed by atoms with Gasteiger partial charge in [-0.25, -0.2) is 4.39 Å². The molecule has 16 heavy (non-hydrogen) atoms. The molecule has 1 aromatic carbocycles. The number of ether oxygens (including phenoxy) is 1. The lowest BCUT2D eigenvalue weighted by Crippen LogP contribution is -2.11. The van der Waals surface area contributed by atoms with E-state index in [1.807, 2.05) is 0 Å². The van der Waals surface area contributed by atoms with Crippen molar-refractivity contribution in [2.75, 3.05) is 6.61 Å². The summed E-state index contributed by atoms with van der Waals surface area (Å²) in [4.78, 5) is 11.1. The molecule has 0 heterocycles. The quantitative estimate of drug-likeness (QED) is 0.800. The topological polar surface area (TPSA) is 46.5 Å². The van der Waals surface area contributed by atoms with Crippen molar-refractivity contribution in [3.05, 3.63) is 35.1 Å². The second-order valence-corrected chi connectivity index (χ2v) is 3.53. The minimum atomic E-state index is -1.02. The first-order valence-electron chi connectivity index (χ1n) is 5.14. The highest BCUT2D eigenvalue weighted by Crippen LogP contribution is 2.21. The van der Waals surface area contributed by atoms with Crippen LogP contribution in [0.2, 0.25) is 0 Å². The maximum Gasteiger partial charge on any atom is 0.308 e. The summed E-state index contributed by atoms with van der Waals surface area (Å²) in [6, 6.07) is 4.12. The fraction of sp³-hybridized carbons (Fsp3) is 0.417. The fourth-order valence-electron chi connectivity index (χ4n) is 1.46. The summed E-state index contributed by atoms with van der Waals surface area (Å²) in [5, 5.41) is 9.76. The second-order valence-electron chi connectivity index (χ2n) is 3.53. The molecule has 3 nitrogen and oxygen atoms in total. The molecule has 4 heteroatoms. The van der Waals surface area contributed by atoms with E-state index in [0.717, 1.165) is 5.56 Å². The van der Waals surface area contributed by atoms with Crippen LogP contribution >= 0.6 is 0 Å². The first-order chi connectivity index (χ1) is 7.54. The Labute approximate surface area is 93.9 Å². The Kier molecular flexibility index (Phi) is 4.43. The summed E-state index contributed by atoms with van der Waals surface area (Å²) in [6.45, 7) is 3.72. The van der Waals surface area contributed by atoms with Crippen molar-refractivity contribution in [3.8, 4) is 0 Å². The lowest BCUT2D eigenvalue weighted by molar-refractivity contribution is -0.145. The molecule has 0 aliphatic rings. The van der Waals surface area contributed by atoms with E-state index in [9.17, 15) is 14.3 Å². The average Bonchev–Trinajstić information content (AvgIpc) is 2.21. The first kappa shape index (κ1) is 12.6. The molecule has 0 fully saturated rings. The van der Waals surface area contributed by atoms with Crippen molar-refractivity contribution in [2.24, 2.45) is 0 Å². The van der Waals surface area contributed by atoms with Crippen LogP contribution in [0.3, 0.4) is 0 Å². The van der Waals surface area contributed by atoms with Crippen LogP contribution in [-0.2, 0) is 9.53 Å². The van der Waals surface area contributed by atoms with Crippen LogP contribution in [0.5, 0.6) is 0 Å². The monoisotopic (exact) mass is 226 g/mol. The smallest absolute Gasteiger partial charge is 0.308 e. The van der Waals surface area contributed by atoms with Gasteiger partial charge in [-0.1, -0.05) is 6.07 Å². The van der Waals surface area contributed by atoms with Crippen LogP contribution in [0, 0.1) is 12.7 Å². The molecule has 88 valence electrons. The summed E-state index contributed by atoms with van der Waals surface area (Å²) in [7, 11) is 0. The zero-order chi connectivity index (χ0) is 12.1. The molecule has 0 bridgehead atoms. The first-order valence-corrected chi connectivity index (χ1v) is 5.14. The van der Waals surface area contributed by atoms with Crippen molar-refractivity contribution >= 4 is 5.97 Å². The number of aliphatic hydroxyl groups is 1. The Balaban J connectivity index is 2.76. The molecule has 1 rings (SSSR count). The van der Waals surface area contributed by atoms with E-state index in [2.05, 4.69) is 0 Å². The number of esters is 1. The third-order valence-corrected chi connectivity index (χ3v) is 2.27. The normalized spacial score (nSPS) is 12.2. The minimum absolute atomic E-state index is 0.155. The third-order valence-electron chi connectivity index (χ3n) is 2.27. The van der Waals surface area contributed by atoms with Gasteiger partial charge in [-0.15, -0.1) is 0 Å².